The zero-order valence-electron chi connectivity index (χ0n) is 12.0. The van der Waals surface area contributed by atoms with E-state index in [-0.39, 0.29) is 11.3 Å². The van der Waals surface area contributed by atoms with Gasteiger partial charge in [0.25, 0.3) is 5.91 Å². The number of rotatable bonds is 7. The Morgan fingerprint density at radius 2 is 2.11 bits per heavy atom. The average Bonchev–Trinajstić information content (AvgIpc) is 2.37. The quantitative estimate of drug-likeness (QED) is 0.763. The summed E-state index contributed by atoms with van der Waals surface area (Å²) in [4.78, 5) is 16.0. The van der Waals surface area contributed by atoms with Gasteiger partial charge in [0, 0.05) is 17.2 Å². The molecule has 0 spiro atoms. The number of carbonyl (C=O) groups excluding carboxylic acids is 1. The number of unbranched alkanes of at least 4 members (excludes halogenated alkanes) is 2. The van der Waals surface area contributed by atoms with E-state index in [2.05, 4.69) is 47.0 Å². The summed E-state index contributed by atoms with van der Waals surface area (Å²) in [5.74, 6) is -0.101. The second-order valence-electron chi connectivity index (χ2n) is 5.67. The number of hydrogen-bond donors (Lipinski definition) is 1. The fraction of sp³-hybridized carbons (Fsp3) is 0.600. The SMILES string of the molecule is CCCCCC(C)(C)CNC(=O)c1ccc(Br)cn1. The van der Waals surface area contributed by atoms with Gasteiger partial charge in [0.05, 0.1) is 0 Å². The minimum Gasteiger partial charge on any atom is -0.350 e. The fourth-order valence-corrected chi connectivity index (χ4v) is 2.10. The third-order valence-electron chi connectivity index (χ3n) is 3.14. The molecular weight excluding hydrogens is 304 g/mol. The molecule has 106 valence electrons. The maximum absolute atomic E-state index is 11.9. The van der Waals surface area contributed by atoms with Crippen molar-refractivity contribution in [2.75, 3.05) is 6.54 Å². The summed E-state index contributed by atoms with van der Waals surface area (Å²) in [6.07, 6.45) is 6.48. The van der Waals surface area contributed by atoms with Crippen molar-refractivity contribution in [3.05, 3.63) is 28.5 Å². The van der Waals surface area contributed by atoms with Crippen LogP contribution in [-0.2, 0) is 0 Å². The van der Waals surface area contributed by atoms with Crippen molar-refractivity contribution < 1.29 is 4.79 Å². The molecule has 0 aliphatic carbocycles. The monoisotopic (exact) mass is 326 g/mol. The molecule has 0 bridgehead atoms. The first-order chi connectivity index (χ1) is 8.94. The van der Waals surface area contributed by atoms with Gasteiger partial charge in [0.2, 0.25) is 0 Å². The van der Waals surface area contributed by atoms with Crippen molar-refractivity contribution in [2.45, 2.75) is 46.5 Å². The van der Waals surface area contributed by atoms with E-state index in [0.29, 0.717) is 12.2 Å². The molecule has 1 heterocycles. The molecule has 3 nitrogen and oxygen atoms in total. The van der Waals surface area contributed by atoms with Crippen LogP contribution in [0.15, 0.2) is 22.8 Å². The van der Waals surface area contributed by atoms with Crippen molar-refractivity contribution in [1.82, 2.24) is 10.3 Å². The molecule has 0 saturated heterocycles. The van der Waals surface area contributed by atoms with Crippen molar-refractivity contribution in [2.24, 2.45) is 5.41 Å². The highest BCUT2D eigenvalue weighted by atomic mass is 79.9. The van der Waals surface area contributed by atoms with E-state index in [9.17, 15) is 4.79 Å². The topological polar surface area (TPSA) is 42.0 Å². The number of aromatic nitrogens is 1. The molecular formula is C15H23BrN2O. The van der Waals surface area contributed by atoms with Crippen LogP contribution in [0, 0.1) is 5.41 Å². The molecule has 1 N–H and O–H groups in total. The lowest BCUT2D eigenvalue weighted by molar-refractivity contribution is 0.0929. The summed E-state index contributed by atoms with van der Waals surface area (Å²) in [7, 11) is 0. The molecule has 0 aliphatic heterocycles. The molecule has 1 amide bonds. The van der Waals surface area contributed by atoms with E-state index >= 15 is 0 Å². The Bertz CT molecular complexity index is 401. The predicted molar refractivity (Wildman–Crippen MR) is 82.2 cm³/mol. The summed E-state index contributed by atoms with van der Waals surface area (Å²) < 4.78 is 0.879. The van der Waals surface area contributed by atoms with Crippen molar-refractivity contribution >= 4 is 21.8 Å². The third-order valence-corrected chi connectivity index (χ3v) is 3.61. The molecule has 0 aromatic carbocycles. The molecule has 1 aromatic rings. The van der Waals surface area contributed by atoms with Gasteiger partial charge in [-0.25, -0.2) is 4.98 Å². The third kappa shape index (κ3) is 6.19. The lowest BCUT2D eigenvalue weighted by Crippen LogP contribution is -2.34. The first-order valence-electron chi connectivity index (χ1n) is 6.84. The number of hydrogen-bond acceptors (Lipinski definition) is 2. The Kier molecular flexibility index (Phi) is 6.49. The predicted octanol–water partition coefficient (Wildman–Crippen LogP) is 4.18. The second-order valence-corrected chi connectivity index (χ2v) is 6.58. The summed E-state index contributed by atoms with van der Waals surface area (Å²) in [5, 5.41) is 2.97. The largest absolute Gasteiger partial charge is 0.350 e. The molecule has 0 unspecified atom stereocenters. The van der Waals surface area contributed by atoms with E-state index in [4.69, 9.17) is 0 Å². The summed E-state index contributed by atoms with van der Waals surface area (Å²) in [6.45, 7) is 7.27. The maximum Gasteiger partial charge on any atom is 0.269 e. The highest BCUT2D eigenvalue weighted by Gasteiger charge is 2.19. The molecule has 0 aliphatic rings. The smallest absolute Gasteiger partial charge is 0.269 e. The molecule has 1 rings (SSSR count). The number of halogens is 1. The lowest BCUT2D eigenvalue weighted by atomic mass is 9.87. The van der Waals surface area contributed by atoms with Crippen LogP contribution in [0.5, 0.6) is 0 Å². The van der Waals surface area contributed by atoms with Crippen LogP contribution < -0.4 is 5.32 Å². The zero-order valence-corrected chi connectivity index (χ0v) is 13.6. The maximum atomic E-state index is 11.9. The molecule has 1 aromatic heterocycles. The molecule has 0 saturated carbocycles. The van der Waals surface area contributed by atoms with Crippen LogP contribution in [0.4, 0.5) is 0 Å². The van der Waals surface area contributed by atoms with Gasteiger partial charge in [-0.15, -0.1) is 0 Å². The highest BCUT2D eigenvalue weighted by molar-refractivity contribution is 9.10. The zero-order chi connectivity index (χ0) is 14.3. The Hall–Kier alpha value is -0.900. The van der Waals surface area contributed by atoms with Gasteiger partial charge in [0.1, 0.15) is 5.69 Å². The average molecular weight is 327 g/mol. The van der Waals surface area contributed by atoms with Gasteiger partial charge in [-0.3, -0.25) is 4.79 Å². The number of amides is 1. The van der Waals surface area contributed by atoms with Crippen LogP contribution >= 0.6 is 15.9 Å². The second kappa shape index (κ2) is 7.63. The highest BCUT2D eigenvalue weighted by Crippen LogP contribution is 2.22. The summed E-state index contributed by atoms with van der Waals surface area (Å²) >= 11 is 3.31. The minimum atomic E-state index is -0.101. The lowest BCUT2D eigenvalue weighted by Gasteiger charge is -2.24. The Morgan fingerprint density at radius 1 is 1.37 bits per heavy atom. The fourth-order valence-electron chi connectivity index (χ4n) is 1.86. The normalized spacial score (nSPS) is 11.4. The molecule has 0 radical (unpaired) electrons. The standard InChI is InChI=1S/C15H23BrN2O/c1-4-5-6-9-15(2,3)11-18-14(19)13-8-7-12(16)10-17-13/h7-8,10H,4-6,9,11H2,1-3H3,(H,18,19). The Morgan fingerprint density at radius 3 is 2.68 bits per heavy atom. The van der Waals surface area contributed by atoms with Gasteiger partial charge in [-0.05, 0) is 39.9 Å². The minimum absolute atomic E-state index is 0.101. The van der Waals surface area contributed by atoms with Gasteiger partial charge < -0.3 is 5.32 Å². The number of carbonyl (C=O) groups is 1. The van der Waals surface area contributed by atoms with E-state index in [1.807, 2.05) is 6.07 Å². The van der Waals surface area contributed by atoms with Gasteiger partial charge in [0.15, 0.2) is 0 Å². The number of nitrogens with one attached hydrogen (secondary N) is 1. The summed E-state index contributed by atoms with van der Waals surface area (Å²) in [6, 6.07) is 3.55. The van der Waals surface area contributed by atoms with Gasteiger partial charge in [-0.2, -0.15) is 0 Å². The van der Waals surface area contributed by atoms with Gasteiger partial charge >= 0.3 is 0 Å². The first kappa shape index (κ1) is 16.2. The molecule has 4 heteroatoms. The van der Waals surface area contributed by atoms with Crippen LogP contribution in [-0.4, -0.2) is 17.4 Å². The van der Waals surface area contributed by atoms with Gasteiger partial charge in [-0.1, -0.05) is 40.0 Å². The summed E-state index contributed by atoms with van der Waals surface area (Å²) in [5.41, 5.74) is 0.604. The Labute approximate surface area is 124 Å². The molecule has 19 heavy (non-hydrogen) atoms. The first-order valence-corrected chi connectivity index (χ1v) is 7.64. The van der Waals surface area contributed by atoms with Crippen LogP contribution in [0.2, 0.25) is 0 Å². The van der Waals surface area contributed by atoms with Crippen LogP contribution in [0.1, 0.15) is 56.9 Å². The molecule has 0 fully saturated rings. The Balaban J connectivity index is 2.42. The number of pyridine rings is 1. The molecule has 0 atom stereocenters. The van der Waals surface area contributed by atoms with Crippen molar-refractivity contribution in [1.29, 1.82) is 0 Å². The van der Waals surface area contributed by atoms with E-state index < -0.39 is 0 Å². The van der Waals surface area contributed by atoms with Crippen molar-refractivity contribution in [3.63, 3.8) is 0 Å². The van der Waals surface area contributed by atoms with Crippen LogP contribution in [0.3, 0.4) is 0 Å². The van der Waals surface area contributed by atoms with E-state index in [1.54, 1.807) is 12.3 Å². The van der Waals surface area contributed by atoms with Crippen molar-refractivity contribution in [3.8, 4) is 0 Å². The van der Waals surface area contributed by atoms with Crippen LogP contribution in [0.25, 0.3) is 0 Å². The van der Waals surface area contributed by atoms with E-state index in [0.717, 1.165) is 10.9 Å². The number of nitrogens with zero attached hydrogens (tertiary/aromatic N) is 1. The van der Waals surface area contributed by atoms with E-state index in [1.165, 1.54) is 19.3 Å².